The number of allylic oxidation sites excluding steroid dienone is 5. The highest BCUT2D eigenvalue weighted by Gasteiger charge is 2.21. The highest BCUT2D eigenvalue weighted by atomic mass is 14.5. The van der Waals surface area contributed by atoms with Gasteiger partial charge in [0.05, 0.1) is 11.4 Å². The first kappa shape index (κ1) is 17.9. The molecule has 28 heavy (non-hydrogen) atoms. The van der Waals surface area contributed by atoms with E-state index in [2.05, 4.69) is 49.4 Å². The van der Waals surface area contributed by atoms with E-state index in [4.69, 9.17) is 10.8 Å². The van der Waals surface area contributed by atoms with Crippen LogP contribution in [0.3, 0.4) is 0 Å². The summed E-state index contributed by atoms with van der Waals surface area (Å²) in [5.74, 6) is 0. The van der Waals surface area contributed by atoms with E-state index in [1.807, 2.05) is 43.3 Å². The minimum Gasteiger partial charge on any atom is -0.299 e. The fraction of sp³-hybridized carbons (Fsp3) is 0.0769. The molecule has 0 saturated carbocycles. The van der Waals surface area contributed by atoms with Gasteiger partial charge in [0, 0.05) is 5.57 Å². The molecule has 4 rings (SSSR count). The molecule has 0 fully saturated rings. The molecule has 0 radical (unpaired) electrons. The number of hydrogen-bond donors (Lipinski definition) is 2. The third-order valence-corrected chi connectivity index (χ3v) is 5.19. The van der Waals surface area contributed by atoms with Crippen molar-refractivity contribution < 1.29 is 0 Å². The SMILES string of the molecule is C/C=C\c1c(C)cccc1C1=CC(=N)C(=N)C(c2cccc3ccccc23)=C1. The fourth-order valence-corrected chi connectivity index (χ4v) is 3.79. The highest BCUT2D eigenvalue weighted by Crippen LogP contribution is 2.34. The molecule has 0 spiro atoms. The first-order valence-electron chi connectivity index (χ1n) is 9.42. The fourth-order valence-electron chi connectivity index (χ4n) is 3.79. The Kier molecular flexibility index (Phi) is 4.62. The Balaban J connectivity index is 1.94. The van der Waals surface area contributed by atoms with Gasteiger partial charge >= 0.3 is 0 Å². The standard InChI is InChI=1S/C26H22N2/c1-3-8-20-17(2)9-6-13-22(20)19-15-24(26(28)25(27)16-19)23-14-7-11-18-10-4-5-12-21(18)23/h3-16,27-28H,1-2H3/b8-3-,27-25?,28-26?. The van der Waals surface area contributed by atoms with Gasteiger partial charge in [0.25, 0.3) is 0 Å². The molecule has 136 valence electrons. The molecular formula is C26H22N2. The molecule has 0 saturated heterocycles. The maximum Gasteiger partial charge on any atom is 0.0868 e. The van der Waals surface area contributed by atoms with E-state index in [9.17, 15) is 0 Å². The molecule has 0 aromatic heterocycles. The Labute approximate surface area is 165 Å². The number of aryl methyl sites for hydroxylation is 1. The van der Waals surface area contributed by atoms with Gasteiger partial charge in [-0.1, -0.05) is 72.8 Å². The Morgan fingerprint density at radius 1 is 0.786 bits per heavy atom. The summed E-state index contributed by atoms with van der Waals surface area (Å²) >= 11 is 0. The van der Waals surface area contributed by atoms with Crippen LogP contribution in [-0.4, -0.2) is 11.4 Å². The molecular weight excluding hydrogens is 340 g/mol. The smallest absolute Gasteiger partial charge is 0.0868 e. The van der Waals surface area contributed by atoms with Crippen LogP contribution in [0, 0.1) is 17.7 Å². The van der Waals surface area contributed by atoms with Crippen LogP contribution in [0.5, 0.6) is 0 Å². The van der Waals surface area contributed by atoms with Gasteiger partial charge in [0.1, 0.15) is 0 Å². The Bertz CT molecular complexity index is 1200. The number of benzene rings is 3. The zero-order valence-corrected chi connectivity index (χ0v) is 16.1. The van der Waals surface area contributed by atoms with Crippen molar-refractivity contribution in [2.24, 2.45) is 0 Å². The van der Waals surface area contributed by atoms with Crippen LogP contribution in [0.25, 0.3) is 28.0 Å². The van der Waals surface area contributed by atoms with E-state index >= 15 is 0 Å². The van der Waals surface area contributed by atoms with Gasteiger partial charge in [-0.2, -0.15) is 0 Å². The summed E-state index contributed by atoms with van der Waals surface area (Å²) in [5.41, 5.74) is 6.73. The van der Waals surface area contributed by atoms with Crippen LogP contribution < -0.4 is 0 Å². The quantitative estimate of drug-likeness (QED) is 0.487. The molecule has 0 heterocycles. The zero-order chi connectivity index (χ0) is 19.7. The molecule has 0 unspecified atom stereocenters. The molecule has 0 atom stereocenters. The predicted octanol–water partition coefficient (Wildman–Crippen LogP) is 6.70. The normalized spacial score (nSPS) is 14.5. The van der Waals surface area contributed by atoms with E-state index in [0.717, 1.165) is 38.6 Å². The largest absolute Gasteiger partial charge is 0.299 e. The van der Waals surface area contributed by atoms with E-state index < -0.39 is 0 Å². The molecule has 3 aromatic rings. The van der Waals surface area contributed by atoms with Crippen molar-refractivity contribution in [3.63, 3.8) is 0 Å². The molecule has 2 N–H and O–H groups in total. The summed E-state index contributed by atoms with van der Waals surface area (Å²) in [6, 6.07) is 20.6. The van der Waals surface area contributed by atoms with Crippen LogP contribution in [0.15, 0.2) is 78.9 Å². The summed E-state index contributed by atoms with van der Waals surface area (Å²) < 4.78 is 0. The van der Waals surface area contributed by atoms with Crippen molar-refractivity contribution in [2.75, 3.05) is 0 Å². The third-order valence-electron chi connectivity index (χ3n) is 5.19. The minimum atomic E-state index is 0.244. The molecule has 1 aliphatic carbocycles. The van der Waals surface area contributed by atoms with Gasteiger partial charge in [0.15, 0.2) is 0 Å². The number of hydrogen-bond acceptors (Lipinski definition) is 2. The number of fused-ring (bicyclic) bond motifs is 1. The minimum absolute atomic E-state index is 0.244. The molecule has 2 heteroatoms. The molecule has 2 nitrogen and oxygen atoms in total. The summed E-state index contributed by atoms with van der Waals surface area (Å²) in [6.07, 6.45) is 8.01. The second kappa shape index (κ2) is 7.24. The molecule has 0 bridgehead atoms. The molecule has 3 aromatic carbocycles. The van der Waals surface area contributed by atoms with Crippen molar-refractivity contribution in [3.05, 3.63) is 101 Å². The van der Waals surface area contributed by atoms with Crippen LogP contribution in [0.2, 0.25) is 0 Å². The molecule has 0 aliphatic heterocycles. The van der Waals surface area contributed by atoms with Gasteiger partial charge in [-0.3, -0.25) is 10.8 Å². The molecule has 0 amide bonds. The van der Waals surface area contributed by atoms with Crippen LogP contribution in [-0.2, 0) is 0 Å². The highest BCUT2D eigenvalue weighted by molar-refractivity contribution is 6.62. The summed E-state index contributed by atoms with van der Waals surface area (Å²) in [5, 5.41) is 19.2. The summed E-state index contributed by atoms with van der Waals surface area (Å²) in [7, 11) is 0. The van der Waals surface area contributed by atoms with E-state index in [1.165, 1.54) is 5.56 Å². The van der Waals surface area contributed by atoms with Gasteiger partial charge in [-0.05, 0) is 64.6 Å². The lowest BCUT2D eigenvalue weighted by Gasteiger charge is -2.19. The van der Waals surface area contributed by atoms with Crippen molar-refractivity contribution >= 4 is 39.4 Å². The third kappa shape index (κ3) is 3.03. The van der Waals surface area contributed by atoms with E-state index in [0.29, 0.717) is 0 Å². The second-order valence-corrected chi connectivity index (χ2v) is 7.01. The Hall–Kier alpha value is -3.52. The van der Waals surface area contributed by atoms with Crippen molar-refractivity contribution in [1.82, 2.24) is 0 Å². The van der Waals surface area contributed by atoms with Gasteiger partial charge < -0.3 is 0 Å². The second-order valence-electron chi connectivity index (χ2n) is 7.01. The topological polar surface area (TPSA) is 47.7 Å². The Morgan fingerprint density at radius 2 is 1.50 bits per heavy atom. The summed E-state index contributed by atoms with van der Waals surface area (Å²) in [4.78, 5) is 0. The lowest BCUT2D eigenvalue weighted by atomic mass is 9.84. The molecule has 1 aliphatic rings. The zero-order valence-electron chi connectivity index (χ0n) is 16.1. The number of rotatable bonds is 3. The van der Waals surface area contributed by atoms with Crippen molar-refractivity contribution in [3.8, 4) is 0 Å². The van der Waals surface area contributed by atoms with Crippen LogP contribution in [0.4, 0.5) is 0 Å². The van der Waals surface area contributed by atoms with Gasteiger partial charge in [-0.15, -0.1) is 0 Å². The maximum absolute atomic E-state index is 8.54. The van der Waals surface area contributed by atoms with Gasteiger partial charge in [0.2, 0.25) is 0 Å². The first-order valence-corrected chi connectivity index (χ1v) is 9.42. The number of nitrogens with one attached hydrogen (secondary N) is 2. The van der Waals surface area contributed by atoms with Crippen LogP contribution in [0.1, 0.15) is 29.2 Å². The van der Waals surface area contributed by atoms with Gasteiger partial charge in [-0.25, -0.2) is 0 Å². The van der Waals surface area contributed by atoms with Crippen LogP contribution >= 0.6 is 0 Å². The maximum atomic E-state index is 8.54. The van der Waals surface area contributed by atoms with E-state index in [-0.39, 0.29) is 11.4 Å². The lowest BCUT2D eigenvalue weighted by Crippen LogP contribution is -2.16. The van der Waals surface area contributed by atoms with Crippen molar-refractivity contribution in [2.45, 2.75) is 13.8 Å². The predicted molar refractivity (Wildman–Crippen MR) is 121 cm³/mol. The average molecular weight is 362 g/mol. The average Bonchev–Trinajstić information content (AvgIpc) is 2.71. The lowest BCUT2D eigenvalue weighted by molar-refractivity contribution is 1.41. The summed E-state index contributed by atoms with van der Waals surface area (Å²) in [6.45, 7) is 4.12. The monoisotopic (exact) mass is 362 g/mol. The van der Waals surface area contributed by atoms with Crippen molar-refractivity contribution in [1.29, 1.82) is 10.8 Å². The Morgan fingerprint density at radius 3 is 2.32 bits per heavy atom. The van der Waals surface area contributed by atoms with E-state index in [1.54, 1.807) is 6.08 Å². The first-order chi connectivity index (χ1) is 13.6.